The summed E-state index contributed by atoms with van der Waals surface area (Å²) in [6.07, 6.45) is 1.59. The Labute approximate surface area is 144 Å². The summed E-state index contributed by atoms with van der Waals surface area (Å²) in [5.74, 6) is 8.91. The van der Waals surface area contributed by atoms with Gasteiger partial charge in [0.15, 0.2) is 5.82 Å². The molecule has 0 fully saturated rings. The van der Waals surface area contributed by atoms with E-state index in [2.05, 4.69) is 20.3 Å². The van der Waals surface area contributed by atoms with Crippen LogP contribution in [0.2, 0.25) is 0 Å². The highest BCUT2D eigenvalue weighted by atomic mass is 32.2. The molecule has 0 unspecified atom stereocenters. The van der Waals surface area contributed by atoms with Crippen LogP contribution in [0.25, 0.3) is 22.1 Å². The lowest BCUT2D eigenvalue weighted by Gasteiger charge is -2.01. The Morgan fingerprint density at radius 2 is 2.25 bits per heavy atom. The molecule has 2 N–H and O–H groups in total. The minimum atomic E-state index is 0.456. The number of furan rings is 1. The predicted molar refractivity (Wildman–Crippen MR) is 89.8 cm³/mol. The van der Waals surface area contributed by atoms with Crippen molar-refractivity contribution in [3.8, 4) is 22.1 Å². The minimum absolute atomic E-state index is 0.456. The Kier molecular flexibility index (Phi) is 3.82. The van der Waals surface area contributed by atoms with Gasteiger partial charge < -0.3 is 14.8 Å². The normalized spacial score (nSPS) is 11.2. The summed E-state index contributed by atoms with van der Waals surface area (Å²) in [5.41, 5.74) is 0.814. The molecule has 122 valence electrons. The minimum Gasteiger partial charge on any atom is -0.469 e. The molecule has 0 aliphatic heterocycles. The first kappa shape index (κ1) is 15.0. The number of nitrogens with zero attached hydrogens (tertiary/aromatic N) is 5. The maximum absolute atomic E-state index is 6.07. The van der Waals surface area contributed by atoms with E-state index in [1.54, 1.807) is 17.6 Å². The van der Waals surface area contributed by atoms with Crippen molar-refractivity contribution >= 4 is 23.1 Å². The Balaban J connectivity index is 1.49. The molecule has 0 aliphatic rings. The second-order valence-electron chi connectivity index (χ2n) is 4.84. The van der Waals surface area contributed by atoms with Gasteiger partial charge >= 0.3 is 0 Å². The molecule has 4 rings (SSSR count). The highest BCUT2D eigenvalue weighted by Gasteiger charge is 2.17. The Bertz CT molecular complexity index is 956. The molecule has 4 aromatic rings. The molecule has 0 saturated heterocycles. The van der Waals surface area contributed by atoms with Crippen LogP contribution in [0.1, 0.15) is 11.7 Å². The van der Waals surface area contributed by atoms with Gasteiger partial charge in [0.2, 0.25) is 16.9 Å². The molecule has 0 spiro atoms. The molecule has 8 nitrogen and oxygen atoms in total. The zero-order valence-electron chi connectivity index (χ0n) is 12.5. The van der Waals surface area contributed by atoms with Gasteiger partial charge in [-0.2, -0.15) is 4.98 Å². The van der Waals surface area contributed by atoms with E-state index in [9.17, 15) is 0 Å². The second kappa shape index (κ2) is 6.13. The third-order valence-electron chi connectivity index (χ3n) is 3.30. The van der Waals surface area contributed by atoms with Gasteiger partial charge in [-0.25, -0.2) is 4.68 Å². The molecule has 0 saturated carbocycles. The van der Waals surface area contributed by atoms with Crippen molar-refractivity contribution in [1.29, 1.82) is 0 Å². The predicted octanol–water partition coefficient (Wildman–Crippen LogP) is 2.96. The Hall–Kier alpha value is -2.59. The fraction of sp³-hybridized carbons (Fsp3) is 0.143. The van der Waals surface area contributed by atoms with Gasteiger partial charge in [0.05, 0.1) is 22.5 Å². The highest BCUT2D eigenvalue weighted by Crippen LogP contribution is 2.27. The van der Waals surface area contributed by atoms with Crippen molar-refractivity contribution in [2.45, 2.75) is 17.8 Å². The van der Waals surface area contributed by atoms with Crippen LogP contribution in [0, 0.1) is 6.92 Å². The maximum Gasteiger partial charge on any atom is 0.237 e. The summed E-state index contributed by atoms with van der Waals surface area (Å²) in [6, 6.07) is 5.70. The smallest absolute Gasteiger partial charge is 0.237 e. The van der Waals surface area contributed by atoms with Crippen LogP contribution in [0.3, 0.4) is 0 Å². The van der Waals surface area contributed by atoms with Crippen molar-refractivity contribution in [1.82, 2.24) is 25.0 Å². The maximum atomic E-state index is 6.07. The van der Waals surface area contributed by atoms with E-state index in [1.165, 1.54) is 16.4 Å². The molecular weight excluding hydrogens is 348 g/mol. The van der Waals surface area contributed by atoms with Crippen molar-refractivity contribution in [2.24, 2.45) is 0 Å². The van der Waals surface area contributed by atoms with Crippen molar-refractivity contribution in [3.05, 3.63) is 41.5 Å². The van der Waals surface area contributed by atoms with Crippen LogP contribution < -0.4 is 5.84 Å². The van der Waals surface area contributed by atoms with E-state index in [4.69, 9.17) is 14.8 Å². The number of thiophene rings is 1. The molecule has 4 aromatic heterocycles. The standard InChI is InChI=1S/C14H12N6O2S2/c1-8-9(4-5-21-8)13-17-18-14(20(13)15)24-7-11-16-12(19-22-11)10-3-2-6-23-10/h2-6H,7,15H2,1H3. The largest absolute Gasteiger partial charge is 0.469 e. The number of nitrogen functional groups attached to an aromatic ring is 1. The number of nitrogens with two attached hydrogens (primary N) is 1. The van der Waals surface area contributed by atoms with Gasteiger partial charge in [-0.1, -0.05) is 23.0 Å². The number of aromatic nitrogens is 5. The van der Waals surface area contributed by atoms with E-state index in [1.807, 2.05) is 30.5 Å². The van der Waals surface area contributed by atoms with Gasteiger partial charge in [-0.15, -0.1) is 21.5 Å². The van der Waals surface area contributed by atoms with Crippen molar-refractivity contribution < 1.29 is 8.94 Å². The first-order chi connectivity index (χ1) is 11.7. The number of aryl methyl sites for hydroxylation is 1. The fourth-order valence-electron chi connectivity index (χ4n) is 2.12. The molecule has 0 amide bonds. The average molecular weight is 360 g/mol. The molecular formula is C14H12N6O2S2. The lowest BCUT2D eigenvalue weighted by atomic mass is 10.2. The summed E-state index contributed by atoms with van der Waals surface area (Å²) in [5, 5.41) is 14.7. The summed E-state index contributed by atoms with van der Waals surface area (Å²) in [4.78, 5) is 5.33. The van der Waals surface area contributed by atoms with Gasteiger partial charge in [0.1, 0.15) is 5.76 Å². The van der Waals surface area contributed by atoms with E-state index < -0.39 is 0 Å². The quantitative estimate of drug-likeness (QED) is 0.427. The third-order valence-corrected chi connectivity index (χ3v) is 5.09. The molecule has 0 atom stereocenters. The highest BCUT2D eigenvalue weighted by molar-refractivity contribution is 7.98. The number of thioether (sulfide) groups is 1. The first-order valence-corrected chi connectivity index (χ1v) is 8.83. The van der Waals surface area contributed by atoms with Crippen molar-refractivity contribution in [3.63, 3.8) is 0 Å². The first-order valence-electron chi connectivity index (χ1n) is 6.96. The van der Waals surface area contributed by atoms with Crippen LogP contribution in [0.4, 0.5) is 0 Å². The topological polar surface area (TPSA) is 109 Å². The number of hydrogen-bond donors (Lipinski definition) is 1. The van der Waals surface area contributed by atoms with E-state index in [0.717, 1.165) is 16.2 Å². The fourth-order valence-corrected chi connectivity index (χ4v) is 3.46. The molecule has 0 bridgehead atoms. The zero-order chi connectivity index (χ0) is 16.5. The second-order valence-corrected chi connectivity index (χ2v) is 6.73. The number of rotatable bonds is 5. The lowest BCUT2D eigenvalue weighted by Crippen LogP contribution is -2.11. The van der Waals surface area contributed by atoms with Gasteiger partial charge in [-0.05, 0) is 24.4 Å². The molecule has 0 aromatic carbocycles. The molecule has 0 aliphatic carbocycles. The molecule has 0 radical (unpaired) electrons. The summed E-state index contributed by atoms with van der Waals surface area (Å²) < 4.78 is 12.0. The van der Waals surface area contributed by atoms with E-state index >= 15 is 0 Å². The molecule has 24 heavy (non-hydrogen) atoms. The van der Waals surface area contributed by atoms with Gasteiger partial charge in [0, 0.05) is 0 Å². The van der Waals surface area contributed by atoms with Crippen LogP contribution in [-0.2, 0) is 5.75 Å². The Morgan fingerprint density at radius 1 is 1.33 bits per heavy atom. The Morgan fingerprint density at radius 3 is 3.00 bits per heavy atom. The molecule has 10 heteroatoms. The van der Waals surface area contributed by atoms with Gasteiger partial charge in [-0.3, -0.25) is 0 Å². The van der Waals surface area contributed by atoms with Crippen LogP contribution in [-0.4, -0.2) is 25.0 Å². The summed E-state index contributed by atoms with van der Waals surface area (Å²) in [7, 11) is 0. The van der Waals surface area contributed by atoms with E-state index in [0.29, 0.717) is 28.4 Å². The SMILES string of the molecule is Cc1occc1-c1nnc(SCc2nc(-c3cccs3)no2)n1N. The van der Waals surface area contributed by atoms with Crippen molar-refractivity contribution in [2.75, 3.05) is 5.84 Å². The average Bonchev–Trinajstić information content (AvgIpc) is 3.33. The zero-order valence-corrected chi connectivity index (χ0v) is 14.2. The van der Waals surface area contributed by atoms with Crippen LogP contribution >= 0.6 is 23.1 Å². The summed E-state index contributed by atoms with van der Waals surface area (Å²) >= 11 is 2.94. The third kappa shape index (κ3) is 2.69. The monoisotopic (exact) mass is 360 g/mol. The van der Waals surface area contributed by atoms with Crippen LogP contribution in [0.15, 0.2) is 43.9 Å². The number of hydrogen-bond acceptors (Lipinski definition) is 9. The van der Waals surface area contributed by atoms with Crippen LogP contribution in [0.5, 0.6) is 0 Å². The lowest BCUT2D eigenvalue weighted by molar-refractivity contribution is 0.391. The van der Waals surface area contributed by atoms with E-state index in [-0.39, 0.29) is 0 Å². The molecule has 4 heterocycles. The summed E-state index contributed by atoms with van der Waals surface area (Å²) in [6.45, 7) is 1.85. The van der Waals surface area contributed by atoms with Gasteiger partial charge in [0.25, 0.3) is 0 Å².